The molecule has 19 heavy (non-hydrogen) atoms. The smallest absolute Gasteiger partial charge is 0.134 e. The summed E-state index contributed by atoms with van der Waals surface area (Å²) in [5.74, 6) is 1.71. The number of hydrogen-bond acceptors (Lipinski definition) is 4. The number of benzene rings is 1. The number of halogens is 1. The van der Waals surface area contributed by atoms with Gasteiger partial charge in [0.05, 0.1) is 0 Å². The molecule has 4 nitrogen and oxygen atoms in total. The molecule has 2 N–H and O–H groups in total. The lowest BCUT2D eigenvalue weighted by atomic mass is 10.2. The highest BCUT2D eigenvalue weighted by Gasteiger charge is 2.08. The number of aromatic nitrogens is 2. The summed E-state index contributed by atoms with van der Waals surface area (Å²) in [5, 5.41) is 7.16. The van der Waals surface area contributed by atoms with Gasteiger partial charge in [0.1, 0.15) is 18.0 Å². The summed E-state index contributed by atoms with van der Waals surface area (Å²) in [6.45, 7) is 2.73. The molecule has 0 fully saturated rings. The Labute approximate surface area is 118 Å². The Balaban J connectivity index is 2.18. The van der Waals surface area contributed by atoms with Crippen LogP contribution in [-0.2, 0) is 13.0 Å². The van der Waals surface area contributed by atoms with Crippen LogP contribution in [0, 0.1) is 0 Å². The first kappa shape index (κ1) is 13.6. The highest BCUT2D eigenvalue weighted by Crippen LogP contribution is 2.22. The molecule has 0 atom stereocenters. The Morgan fingerprint density at radius 1 is 1.16 bits per heavy atom. The summed E-state index contributed by atoms with van der Waals surface area (Å²) < 4.78 is 0. The van der Waals surface area contributed by atoms with Crippen LogP contribution in [0.25, 0.3) is 0 Å². The lowest BCUT2D eigenvalue weighted by Gasteiger charge is -2.13. The third-order valence-corrected chi connectivity index (χ3v) is 3.31. The molecule has 0 saturated carbocycles. The van der Waals surface area contributed by atoms with Gasteiger partial charge < -0.3 is 10.6 Å². The molecule has 1 aromatic heterocycles. The first-order valence-electron chi connectivity index (χ1n) is 6.25. The molecule has 2 rings (SSSR count). The molecular weight excluding hydrogens is 260 g/mol. The fourth-order valence-corrected chi connectivity index (χ4v) is 2.14. The normalized spacial score (nSPS) is 10.3. The monoisotopic (exact) mass is 276 g/mol. The minimum atomic E-state index is 0.646. The third-order valence-electron chi connectivity index (χ3n) is 2.94. The van der Waals surface area contributed by atoms with Crippen LogP contribution in [0.15, 0.2) is 30.6 Å². The van der Waals surface area contributed by atoms with Crippen LogP contribution < -0.4 is 10.6 Å². The Morgan fingerprint density at radius 3 is 2.58 bits per heavy atom. The van der Waals surface area contributed by atoms with Crippen molar-refractivity contribution in [1.82, 2.24) is 9.97 Å². The van der Waals surface area contributed by atoms with Gasteiger partial charge >= 0.3 is 0 Å². The predicted octanol–water partition coefficient (Wildman–Crippen LogP) is 3.35. The van der Waals surface area contributed by atoms with Crippen molar-refractivity contribution >= 4 is 23.2 Å². The summed E-state index contributed by atoms with van der Waals surface area (Å²) in [6.07, 6.45) is 2.42. The maximum absolute atomic E-state index is 6.14. The van der Waals surface area contributed by atoms with E-state index in [9.17, 15) is 0 Å². The zero-order valence-corrected chi connectivity index (χ0v) is 11.8. The van der Waals surface area contributed by atoms with Crippen molar-refractivity contribution in [2.45, 2.75) is 19.9 Å². The molecule has 0 aliphatic rings. The molecule has 0 spiro atoms. The quantitative estimate of drug-likeness (QED) is 0.879. The summed E-state index contributed by atoms with van der Waals surface area (Å²) in [4.78, 5) is 8.51. The van der Waals surface area contributed by atoms with Gasteiger partial charge in [-0.15, -0.1) is 0 Å². The van der Waals surface area contributed by atoms with E-state index in [2.05, 4.69) is 27.5 Å². The number of hydrogen-bond donors (Lipinski definition) is 2. The lowest BCUT2D eigenvalue weighted by molar-refractivity contribution is 1.01. The van der Waals surface area contributed by atoms with E-state index in [1.54, 1.807) is 6.33 Å². The highest BCUT2D eigenvalue weighted by atomic mass is 35.5. The van der Waals surface area contributed by atoms with E-state index in [0.29, 0.717) is 6.54 Å². The van der Waals surface area contributed by atoms with Crippen LogP contribution in [0.2, 0.25) is 5.02 Å². The molecule has 0 radical (unpaired) electrons. The van der Waals surface area contributed by atoms with E-state index in [1.165, 1.54) is 0 Å². The molecule has 5 heteroatoms. The fraction of sp³-hybridized carbons (Fsp3) is 0.286. The van der Waals surface area contributed by atoms with E-state index < -0.39 is 0 Å². The van der Waals surface area contributed by atoms with Crippen LogP contribution in [0.5, 0.6) is 0 Å². The van der Waals surface area contributed by atoms with E-state index in [-0.39, 0.29) is 0 Å². The molecule has 0 amide bonds. The van der Waals surface area contributed by atoms with E-state index >= 15 is 0 Å². The van der Waals surface area contributed by atoms with E-state index in [4.69, 9.17) is 11.6 Å². The van der Waals surface area contributed by atoms with E-state index in [1.807, 2.05) is 31.3 Å². The second-order valence-corrected chi connectivity index (χ2v) is 4.51. The molecule has 1 heterocycles. The number of nitrogens with zero attached hydrogens (tertiary/aromatic N) is 2. The molecule has 1 aromatic carbocycles. The second-order valence-electron chi connectivity index (χ2n) is 4.10. The van der Waals surface area contributed by atoms with E-state index in [0.717, 1.165) is 34.2 Å². The fourth-order valence-electron chi connectivity index (χ4n) is 1.94. The van der Waals surface area contributed by atoms with Crippen molar-refractivity contribution in [3.63, 3.8) is 0 Å². The number of nitrogens with one attached hydrogen (secondary N) is 2. The van der Waals surface area contributed by atoms with Gasteiger partial charge in [-0.25, -0.2) is 9.97 Å². The van der Waals surface area contributed by atoms with Gasteiger partial charge in [-0.2, -0.15) is 0 Å². The van der Waals surface area contributed by atoms with Crippen molar-refractivity contribution in [2.75, 3.05) is 17.7 Å². The van der Waals surface area contributed by atoms with Crippen molar-refractivity contribution in [3.05, 3.63) is 46.7 Å². The summed E-state index contributed by atoms with van der Waals surface area (Å²) in [7, 11) is 1.86. The summed E-state index contributed by atoms with van der Waals surface area (Å²) in [6, 6.07) is 7.79. The standard InChI is InChI=1S/C14H17ClN4/c1-3-11-13(16-2)18-9-19-14(11)17-8-10-6-4-5-7-12(10)15/h4-7,9H,3,8H2,1-2H3,(H2,16,17,18,19). The van der Waals surface area contributed by atoms with Gasteiger partial charge in [0.25, 0.3) is 0 Å². The first-order valence-corrected chi connectivity index (χ1v) is 6.63. The molecule has 0 saturated heterocycles. The minimum absolute atomic E-state index is 0.646. The average Bonchev–Trinajstić information content (AvgIpc) is 2.45. The average molecular weight is 277 g/mol. The Hall–Kier alpha value is -1.81. The third kappa shape index (κ3) is 3.15. The van der Waals surface area contributed by atoms with Crippen LogP contribution in [-0.4, -0.2) is 17.0 Å². The summed E-state index contributed by atoms with van der Waals surface area (Å²) >= 11 is 6.14. The summed E-state index contributed by atoms with van der Waals surface area (Å²) in [5.41, 5.74) is 2.13. The van der Waals surface area contributed by atoms with Crippen molar-refractivity contribution in [2.24, 2.45) is 0 Å². The molecule has 0 unspecified atom stereocenters. The molecule has 100 valence electrons. The maximum Gasteiger partial charge on any atom is 0.134 e. The van der Waals surface area contributed by atoms with Crippen LogP contribution >= 0.6 is 11.6 Å². The van der Waals surface area contributed by atoms with Gasteiger partial charge in [0, 0.05) is 24.2 Å². The van der Waals surface area contributed by atoms with Gasteiger partial charge in [0.15, 0.2) is 0 Å². The largest absolute Gasteiger partial charge is 0.373 e. The minimum Gasteiger partial charge on any atom is -0.373 e. The highest BCUT2D eigenvalue weighted by molar-refractivity contribution is 6.31. The molecule has 2 aromatic rings. The Bertz CT molecular complexity index is 557. The molecular formula is C14H17ClN4. The number of rotatable bonds is 5. The second kappa shape index (κ2) is 6.38. The molecule has 0 aliphatic carbocycles. The van der Waals surface area contributed by atoms with Crippen molar-refractivity contribution < 1.29 is 0 Å². The van der Waals surface area contributed by atoms with Crippen molar-refractivity contribution in [3.8, 4) is 0 Å². The predicted molar refractivity (Wildman–Crippen MR) is 79.7 cm³/mol. The first-order chi connectivity index (χ1) is 9.26. The van der Waals surface area contributed by atoms with Crippen LogP contribution in [0.1, 0.15) is 18.1 Å². The molecule has 0 bridgehead atoms. The van der Waals surface area contributed by atoms with Gasteiger partial charge in [0.2, 0.25) is 0 Å². The molecule has 0 aliphatic heterocycles. The van der Waals surface area contributed by atoms with Crippen LogP contribution in [0.4, 0.5) is 11.6 Å². The van der Waals surface area contributed by atoms with Gasteiger partial charge in [-0.05, 0) is 18.1 Å². The topological polar surface area (TPSA) is 49.8 Å². The zero-order valence-electron chi connectivity index (χ0n) is 11.1. The van der Waals surface area contributed by atoms with Gasteiger partial charge in [-0.1, -0.05) is 36.7 Å². The SMILES string of the molecule is CCc1c(NC)ncnc1NCc1ccccc1Cl. The maximum atomic E-state index is 6.14. The van der Waals surface area contributed by atoms with Crippen LogP contribution in [0.3, 0.4) is 0 Å². The Morgan fingerprint density at radius 2 is 1.89 bits per heavy atom. The Kier molecular flexibility index (Phi) is 4.58. The van der Waals surface area contributed by atoms with Crippen molar-refractivity contribution in [1.29, 1.82) is 0 Å². The zero-order chi connectivity index (χ0) is 13.7. The number of anilines is 2. The van der Waals surface area contributed by atoms with Gasteiger partial charge in [-0.3, -0.25) is 0 Å². The lowest BCUT2D eigenvalue weighted by Crippen LogP contribution is -2.08.